The van der Waals surface area contributed by atoms with Crippen LogP contribution in [0.25, 0.3) is 21.3 Å². The third-order valence-electron chi connectivity index (χ3n) is 5.56. The van der Waals surface area contributed by atoms with Crippen molar-refractivity contribution in [3.05, 3.63) is 56.7 Å². The number of rotatable bonds is 3. The van der Waals surface area contributed by atoms with E-state index in [9.17, 15) is 4.79 Å². The van der Waals surface area contributed by atoms with Gasteiger partial charge in [-0.2, -0.15) is 0 Å². The Hall–Kier alpha value is -1.91. The van der Waals surface area contributed by atoms with E-state index < -0.39 is 0 Å². The zero-order valence-corrected chi connectivity index (χ0v) is 14.3. The van der Waals surface area contributed by atoms with Gasteiger partial charge in [0.2, 0.25) is 0 Å². The highest BCUT2D eigenvalue weighted by Crippen LogP contribution is 2.40. The molecule has 122 valence electrons. The molecule has 0 radical (unpaired) electrons. The van der Waals surface area contributed by atoms with Crippen molar-refractivity contribution in [2.75, 3.05) is 0 Å². The van der Waals surface area contributed by atoms with Crippen LogP contribution in [0, 0.1) is 0 Å². The molecule has 3 nitrogen and oxygen atoms in total. The second-order valence-electron chi connectivity index (χ2n) is 6.95. The van der Waals surface area contributed by atoms with Crippen LogP contribution in [0.4, 0.5) is 0 Å². The van der Waals surface area contributed by atoms with E-state index in [2.05, 4.69) is 28.5 Å². The van der Waals surface area contributed by atoms with Gasteiger partial charge in [0.1, 0.15) is 0 Å². The van der Waals surface area contributed by atoms with E-state index in [0.717, 1.165) is 28.7 Å². The second kappa shape index (κ2) is 5.57. The molecular formula is C20H20N2OS. The smallest absolute Gasteiger partial charge is 0.257 e. The second-order valence-corrected chi connectivity index (χ2v) is 7.87. The van der Waals surface area contributed by atoms with Crippen LogP contribution in [-0.2, 0) is 13.0 Å². The number of aromatic amines is 1. The molecular weight excluding hydrogens is 316 g/mol. The predicted octanol–water partition coefficient (Wildman–Crippen LogP) is 4.19. The first-order chi connectivity index (χ1) is 11.8. The highest BCUT2D eigenvalue weighted by atomic mass is 32.1. The molecule has 0 unspecified atom stereocenters. The number of H-pyrrole nitrogens is 1. The third-order valence-corrected chi connectivity index (χ3v) is 6.53. The van der Waals surface area contributed by atoms with Crippen molar-refractivity contribution in [3.63, 3.8) is 0 Å². The number of hydrogen-bond donors (Lipinski definition) is 2. The summed E-state index contributed by atoms with van der Waals surface area (Å²) in [4.78, 5) is 15.5. The summed E-state index contributed by atoms with van der Waals surface area (Å²) in [6, 6.07) is 9.11. The summed E-state index contributed by atoms with van der Waals surface area (Å²) < 4.78 is 1.15. The van der Waals surface area contributed by atoms with Crippen molar-refractivity contribution in [2.45, 2.75) is 44.7 Å². The summed E-state index contributed by atoms with van der Waals surface area (Å²) in [6.07, 6.45) is 6.25. The molecule has 2 aliphatic rings. The maximum Gasteiger partial charge on any atom is 0.257 e. The van der Waals surface area contributed by atoms with Crippen LogP contribution in [0.1, 0.15) is 42.4 Å². The van der Waals surface area contributed by atoms with Gasteiger partial charge >= 0.3 is 0 Å². The Morgan fingerprint density at radius 1 is 1.17 bits per heavy atom. The van der Waals surface area contributed by atoms with Crippen LogP contribution >= 0.6 is 11.3 Å². The highest BCUT2D eigenvalue weighted by Gasteiger charge is 2.25. The van der Waals surface area contributed by atoms with Crippen LogP contribution in [0.2, 0.25) is 0 Å². The van der Waals surface area contributed by atoms with Crippen molar-refractivity contribution < 1.29 is 0 Å². The van der Waals surface area contributed by atoms with Gasteiger partial charge in [0.05, 0.1) is 11.1 Å². The maximum atomic E-state index is 12.3. The standard InChI is InChI=1S/C20H20N2OS/c23-20-15-8-9-24-19(15)17-10-16-12(11-21-13-5-1-2-6-13)4-3-7-14(16)18(17)22-20/h3-4,7-9,13,21H,1-2,5-6,10-11H2,(H,22,23). The lowest BCUT2D eigenvalue weighted by atomic mass is 10.0. The lowest BCUT2D eigenvalue weighted by molar-refractivity contribution is 0.523. The van der Waals surface area contributed by atoms with Gasteiger partial charge < -0.3 is 10.3 Å². The maximum absolute atomic E-state index is 12.3. The fourth-order valence-electron chi connectivity index (χ4n) is 4.29. The lowest BCUT2D eigenvalue weighted by Crippen LogP contribution is -2.25. The Kier molecular flexibility index (Phi) is 3.35. The van der Waals surface area contributed by atoms with Crippen molar-refractivity contribution in [3.8, 4) is 11.3 Å². The topological polar surface area (TPSA) is 44.9 Å². The van der Waals surface area contributed by atoms with Crippen molar-refractivity contribution >= 4 is 21.4 Å². The molecule has 2 heterocycles. The van der Waals surface area contributed by atoms with E-state index in [1.807, 2.05) is 11.4 Å². The molecule has 0 atom stereocenters. The molecule has 4 heteroatoms. The van der Waals surface area contributed by atoms with Gasteiger partial charge in [0, 0.05) is 29.3 Å². The van der Waals surface area contributed by atoms with Gasteiger partial charge in [0.15, 0.2) is 0 Å². The molecule has 0 spiro atoms. The van der Waals surface area contributed by atoms with Gasteiger partial charge in [-0.15, -0.1) is 11.3 Å². The first-order valence-corrected chi connectivity index (χ1v) is 9.66. The molecule has 0 bridgehead atoms. The highest BCUT2D eigenvalue weighted by molar-refractivity contribution is 7.17. The Labute approximate surface area is 144 Å². The minimum Gasteiger partial charge on any atom is -0.321 e. The largest absolute Gasteiger partial charge is 0.321 e. The molecule has 0 amide bonds. The summed E-state index contributed by atoms with van der Waals surface area (Å²) in [6.45, 7) is 0.930. The van der Waals surface area contributed by atoms with Crippen LogP contribution in [0.15, 0.2) is 34.4 Å². The molecule has 1 saturated carbocycles. The molecule has 0 saturated heterocycles. The Bertz CT molecular complexity index is 979. The van der Waals surface area contributed by atoms with Crippen LogP contribution in [-0.4, -0.2) is 11.0 Å². The summed E-state index contributed by atoms with van der Waals surface area (Å²) in [5, 5.41) is 6.58. The van der Waals surface area contributed by atoms with E-state index in [1.54, 1.807) is 11.3 Å². The number of benzene rings is 1. The molecule has 5 rings (SSSR count). The van der Waals surface area contributed by atoms with Crippen LogP contribution < -0.4 is 10.9 Å². The fourth-order valence-corrected chi connectivity index (χ4v) is 5.24. The van der Waals surface area contributed by atoms with E-state index in [4.69, 9.17) is 0 Å². The average Bonchev–Trinajstić information content (AvgIpc) is 3.32. The van der Waals surface area contributed by atoms with E-state index in [-0.39, 0.29) is 5.56 Å². The number of aromatic nitrogens is 1. The zero-order valence-electron chi connectivity index (χ0n) is 13.5. The summed E-state index contributed by atoms with van der Waals surface area (Å²) in [5.74, 6) is 0. The Balaban J connectivity index is 1.55. The average molecular weight is 336 g/mol. The fraction of sp³-hybridized carbons (Fsp3) is 0.350. The minimum atomic E-state index is 0.0346. The van der Waals surface area contributed by atoms with E-state index >= 15 is 0 Å². The molecule has 0 aliphatic heterocycles. The lowest BCUT2D eigenvalue weighted by Gasteiger charge is -2.14. The Morgan fingerprint density at radius 2 is 2.04 bits per heavy atom. The molecule has 1 fully saturated rings. The first kappa shape index (κ1) is 14.4. The van der Waals surface area contributed by atoms with Gasteiger partial charge in [-0.3, -0.25) is 4.79 Å². The number of nitrogens with one attached hydrogen (secondary N) is 2. The molecule has 2 aromatic heterocycles. The number of thiophene rings is 1. The molecule has 3 aromatic rings. The summed E-state index contributed by atoms with van der Waals surface area (Å²) in [7, 11) is 0. The van der Waals surface area contributed by atoms with Crippen LogP contribution in [0.5, 0.6) is 0 Å². The quantitative estimate of drug-likeness (QED) is 0.589. The Morgan fingerprint density at radius 3 is 2.92 bits per heavy atom. The number of hydrogen-bond acceptors (Lipinski definition) is 3. The summed E-state index contributed by atoms with van der Waals surface area (Å²) in [5.41, 5.74) is 6.33. The van der Waals surface area contributed by atoms with Crippen molar-refractivity contribution in [2.24, 2.45) is 0 Å². The molecule has 24 heavy (non-hydrogen) atoms. The van der Waals surface area contributed by atoms with Gasteiger partial charge in [0.25, 0.3) is 5.56 Å². The van der Waals surface area contributed by atoms with E-state index in [1.165, 1.54) is 47.9 Å². The molecule has 2 aliphatic carbocycles. The number of fused-ring (bicyclic) bond motifs is 5. The zero-order chi connectivity index (χ0) is 16.1. The third kappa shape index (κ3) is 2.17. The minimum absolute atomic E-state index is 0.0346. The SMILES string of the molecule is O=c1[nH]c2c(c3sccc13)Cc1c(CNC3CCCC3)cccc1-2. The van der Waals surface area contributed by atoms with Crippen molar-refractivity contribution in [1.29, 1.82) is 0 Å². The molecule has 2 N–H and O–H groups in total. The van der Waals surface area contributed by atoms with E-state index in [0.29, 0.717) is 6.04 Å². The van der Waals surface area contributed by atoms with Crippen molar-refractivity contribution in [1.82, 2.24) is 10.3 Å². The normalized spacial score (nSPS) is 16.7. The monoisotopic (exact) mass is 336 g/mol. The van der Waals surface area contributed by atoms with Gasteiger partial charge in [-0.1, -0.05) is 31.0 Å². The van der Waals surface area contributed by atoms with Gasteiger partial charge in [-0.05, 0) is 41.0 Å². The molecule has 1 aromatic carbocycles. The summed E-state index contributed by atoms with van der Waals surface area (Å²) >= 11 is 1.68. The first-order valence-electron chi connectivity index (χ1n) is 8.78. The number of pyridine rings is 1. The predicted molar refractivity (Wildman–Crippen MR) is 99.8 cm³/mol. The van der Waals surface area contributed by atoms with Gasteiger partial charge in [-0.25, -0.2) is 0 Å². The van der Waals surface area contributed by atoms with Crippen LogP contribution in [0.3, 0.4) is 0 Å².